The lowest BCUT2D eigenvalue weighted by molar-refractivity contribution is -0.132. The first-order chi connectivity index (χ1) is 18.9. The van der Waals surface area contributed by atoms with E-state index in [0.717, 1.165) is 18.5 Å². The van der Waals surface area contributed by atoms with Crippen LogP contribution in [0.5, 0.6) is 11.5 Å². The van der Waals surface area contributed by atoms with Crippen LogP contribution in [0.2, 0.25) is 0 Å². The normalized spacial score (nSPS) is 16.6. The van der Waals surface area contributed by atoms with Crippen molar-refractivity contribution in [2.24, 2.45) is 0 Å². The van der Waals surface area contributed by atoms with E-state index in [1.807, 2.05) is 35.4 Å². The zero-order valence-electron chi connectivity index (χ0n) is 23.0. The molecule has 0 saturated carbocycles. The van der Waals surface area contributed by atoms with Crippen LogP contribution in [0.25, 0.3) is 10.9 Å². The van der Waals surface area contributed by atoms with Crippen molar-refractivity contribution in [3.05, 3.63) is 77.9 Å². The van der Waals surface area contributed by atoms with Crippen LogP contribution in [0.4, 0.5) is 5.82 Å². The number of aromatic amines is 1. The third-order valence-corrected chi connectivity index (χ3v) is 8.40. The maximum atomic E-state index is 12.8. The summed E-state index contributed by atoms with van der Waals surface area (Å²) < 4.78 is 11.1. The number of carbonyl (C=O) groups is 1. The Balaban J connectivity index is 1.73. The van der Waals surface area contributed by atoms with Crippen LogP contribution in [0.15, 0.2) is 60.8 Å². The maximum Gasteiger partial charge on any atom is 0.236 e. The van der Waals surface area contributed by atoms with E-state index >= 15 is 0 Å². The number of carbonyl (C=O) groups excluding carboxylic acids is 1. The minimum absolute atomic E-state index is 0.105. The molecule has 9 heteroatoms. The molecule has 1 atom stereocenters. The van der Waals surface area contributed by atoms with Crippen molar-refractivity contribution in [2.75, 3.05) is 46.6 Å². The van der Waals surface area contributed by atoms with E-state index in [-0.39, 0.29) is 5.91 Å². The molecule has 0 aliphatic carbocycles. The molecule has 1 saturated heterocycles. The zero-order chi connectivity index (χ0) is 27.6. The van der Waals surface area contributed by atoms with Crippen molar-refractivity contribution in [1.82, 2.24) is 25.2 Å². The number of nitrogen functional groups attached to an aromatic ring is 1. The highest BCUT2D eigenvalue weighted by molar-refractivity contribution is 5.91. The first-order valence-corrected chi connectivity index (χ1v) is 13.2. The smallest absolute Gasteiger partial charge is 0.236 e. The summed E-state index contributed by atoms with van der Waals surface area (Å²) >= 11 is 0. The van der Waals surface area contributed by atoms with Gasteiger partial charge in [0.15, 0.2) is 11.5 Å². The van der Waals surface area contributed by atoms with Gasteiger partial charge in [-0.3, -0.25) is 4.79 Å². The Kier molecular flexibility index (Phi) is 7.18. The number of rotatable bonds is 8. The summed E-state index contributed by atoms with van der Waals surface area (Å²) in [7, 11) is 4.99. The molecule has 9 nitrogen and oxygen atoms in total. The quantitative estimate of drug-likeness (QED) is 0.320. The van der Waals surface area contributed by atoms with E-state index in [4.69, 9.17) is 25.2 Å². The Hall–Kier alpha value is -4.11. The second-order valence-corrected chi connectivity index (χ2v) is 10.2. The maximum absolute atomic E-state index is 12.8. The lowest BCUT2D eigenvalue weighted by Gasteiger charge is -2.52. The number of piperidine rings is 1. The van der Waals surface area contributed by atoms with E-state index in [1.54, 1.807) is 21.3 Å². The van der Waals surface area contributed by atoms with Crippen LogP contribution in [0.3, 0.4) is 0 Å². The molecule has 1 unspecified atom stereocenters. The number of hydrogen-bond donors (Lipinski definition) is 3. The summed E-state index contributed by atoms with van der Waals surface area (Å²) in [6, 6.07) is 18.2. The summed E-state index contributed by atoms with van der Waals surface area (Å²) in [5.74, 6) is 2.23. The largest absolute Gasteiger partial charge is 0.493 e. The fourth-order valence-electron chi connectivity index (χ4n) is 6.17. The van der Waals surface area contributed by atoms with Gasteiger partial charge in [0.05, 0.1) is 31.7 Å². The highest BCUT2D eigenvalue weighted by atomic mass is 16.5. The van der Waals surface area contributed by atoms with Gasteiger partial charge in [0.25, 0.3) is 0 Å². The molecule has 0 bridgehead atoms. The monoisotopic (exact) mass is 528 g/mol. The van der Waals surface area contributed by atoms with Crippen LogP contribution >= 0.6 is 0 Å². The first-order valence-electron chi connectivity index (χ1n) is 13.2. The average molecular weight is 529 g/mol. The van der Waals surface area contributed by atoms with Gasteiger partial charge in [-0.2, -0.15) is 0 Å². The summed E-state index contributed by atoms with van der Waals surface area (Å²) in [6.07, 6.45) is 3.39. The number of ether oxygens (including phenoxy) is 2. The van der Waals surface area contributed by atoms with E-state index in [9.17, 15) is 4.79 Å². The number of methoxy groups -OCH3 is 2. The van der Waals surface area contributed by atoms with Crippen LogP contribution in [0, 0.1) is 0 Å². The molecule has 0 spiro atoms. The number of amides is 1. The molecule has 4 N–H and O–H groups in total. The SMILES string of the molecule is CNCC(=O)N1CCC(c2ccccc2)(C(C)(c2nc(N)c3cc(OC)c(OC)cc3n2)c2ccc[nH]2)CC1. The highest BCUT2D eigenvalue weighted by Gasteiger charge is 2.55. The third-order valence-electron chi connectivity index (χ3n) is 8.40. The number of likely N-dealkylation sites (tertiary alicyclic amines) is 1. The van der Waals surface area contributed by atoms with Crippen LogP contribution in [-0.4, -0.2) is 66.7 Å². The fraction of sp³-hybridized carbons (Fsp3) is 0.367. The highest BCUT2D eigenvalue weighted by Crippen LogP contribution is 2.53. The Labute approximate surface area is 228 Å². The molecule has 1 fully saturated rings. The van der Waals surface area contributed by atoms with Gasteiger partial charge < -0.3 is 30.4 Å². The van der Waals surface area contributed by atoms with Crippen LogP contribution in [-0.2, 0) is 15.6 Å². The Morgan fingerprint density at radius 1 is 1.08 bits per heavy atom. The Bertz CT molecular complexity index is 1450. The minimum atomic E-state index is -0.703. The second-order valence-electron chi connectivity index (χ2n) is 10.2. The third kappa shape index (κ3) is 4.36. The number of nitrogens with one attached hydrogen (secondary N) is 2. The second kappa shape index (κ2) is 10.6. The minimum Gasteiger partial charge on any atom is -0.493 e. The summed E-state index contributed by atoms with van der Waals surface area (Å²) in [5, 5.41) is 3.69. The molecule has 0 radical (unpaired) electrons. The van der Waals surface area contributed by atoms with Crippen LogP contribution < -0.4 is 20.5 Å². The van der Waals surface area contributed by atoms with E-state index in [1.165, 1.54) is 5.56 Å². The van der Waals surface area contributed by atoms with Crippen molar-refractivity contribution >= 4 is 22.6 Å². The number of benzene rings is 2. The number of fused-ring (bicyclic) bond motifs is 1. The van der Waals surface area contributed by atoms with Crippen molar-refractivity contribution in [2.45, 2.75) is 30.6 Å². The predicted molar refractivity (Wildman–Crippen MR) is 152 cm³/mol. The van der Waals surface area contributed by atoms with Crippen molar-refractivity contribution in [3.8, 4) is 11.5 Å². The van der Waals surface area contributed by atoms with Gasteiger partial charge in [-0.1, -0.05) is 30.3 Å². The fourth-order valence-corrected chi connectivity index (χ4v) is 6.17. The number of aromatic nitrogens is 3. The number of H-pyrrole nitrogens is 1. The molecule has 1 aliphatic heterocycles. The molecule has 1 aliphatic rings. The van der Waals surface area contributed by atoms with Gasteiger partial charge in [-0.05, 0) is 50.6 Å². The summed E-state index contributed by atoms with van der Waals surface area (Å²) in [6.45, 7) is 3.76. The predicted octanol–water partition coefficient (Wildman–Crippen LogP) is 3.64. The molecule has 39 heavy (non-hydrogen) atoms. The molecule has 5 rings (SSSR count). The molecule has 2 aromatic heterocycles. The average Bonchev–Trinajstić information content (AvgIpc) is 3.52. The van der Waals surface area contributed by atoms with E-state index < -0.39 is 10.8 Å². The topological polar surface area (TPSA) is 118 Å². The van der Waals surface area contributed by atoms with Crippen molar-refractivity contribution in [1.29, 1.82) is 0 Å². The van der Waals surface area contributed by atoms with Gasteiger partial charge in [0, 0.05) is 41.8 Å². The Morgan fingerprint density at radius 2 is 1.77 bits per heavy atom. The number of anilines is 1. The van der Waals surface area contributed by atoms with E-state index in [0.29, 0.717) is 53.7 Å². The molecule has 204 valence electrons. The van der Waals surface area contributed by atoms with Crippen molar-refractivity contribution in [3.63, 3.8) is 0 Å². The lowest BCUT2D eigenvalue weighted by atomic mass is 9.54. The van der Waals surface area contributed by atoms with Gasteiger partial charge in [0.1, 0.15) is 11.6 Å². The lowest BCUT2D eigenvalue weighted by Crippen LogP contribution is -2.56. The standard InChI is InChI=1S/C30H36N6O3/c1-29(25-11-8-14-33-25,28-34-22-18-24(39-4)23(38-3)17-21(22)27(31)35-28)30(20-9-6-5-7-10-20)12-15-36(16-13-30)26(37)19-32-2/h5-11,14,17-18,32-33H,12-13,15-16,19H2,1-4H3,(H2,31,34,35). The van der Waals surface area contributed by atoms with Crippen molar-refractivity contribution < 1.29 is 14.3 Å². The summed E-state index contributed by atoms with van der Waals surface area (Å²) in [5.41, 5.74) is 8.33. The molecule has 1 amide bonds. The number of nitrogens with zero attached hydrogens (tertiary/aromatic N) is 3. The Morgan fingerprint density at radius 3 is 2.38 bits per heavy atom. The number of nitrogens with two attached hydrogens (primary N) is 1. The molecule has 3 heterocycles. The summed E-state index contributed by atoms with van der Waals surface area (Å²) in [4.78, 5) is 28.3. The van der Waals surface area contributed by atoms with Gasteiger partial charge in [-0.25, -0.2) is 9.97 Å². The molecule has 4 aromatic rings. The molecular weight excluding hydrogens is 492 g/mol. The molecular formula is C30H36N6O3. The number of hydrogen-bond acceptors (Lipinski definition) is 7. The van der Waals surface area contributed by atoms with Crippen LogP contribution in [0.1, 0.15) is 36.8 Å². The van der Waals surface area contributed by atoms with Gasteiger partial charge >= 0.3 is 0 Å². The van der Waals surface area contributed by atoms with Gasteiger partial charge in [-0.15, -0.1) is 0 Å². The first kappa shape index (κ1) is 26.5. The number of likely N-dealkylation sites (N-methyl/N-ethyl adjacent to an activating group) is 1. The zero-order valence-corrected chi connectivity index (χ0v) is 23.0. The molecule has 2 aromatic carbocycles. The van der Waals surface area contributed by atoms with Gasteiger partial charge in [0.2, 0.25) is 5.91 Å². The van der Waals surface area contributed by atoms with E-state index in [2.05, 4.69) is 47.6 Å².